The third-order valence-electron chi connectivity index (χ3n) is 24.6. The largest absolute Gasteiger partial charge is 0.394 e. The van der Waals surface area contributed by atoms with Crippen molar-refractivity contribution in [2.75, 3.05) is 52.3 Å². The number of guanidine groups is 1. The molecule has 0 saturated carbocycles. The number of imidazole rings is 1. The number of nitrogens with one attached hydrogen (secondary N) is 13. The van der Waals surface area contributed by atoms with E-state index in [0.29, 0.717) is 69.9 Å². The smallest absolute Gasteiger partial charge is 0.246 e. The van der Waals surface area contributed by atoms with E-state index >= 15 is 33.6 Å². The van der Waals surface area contributed by atoms with E-state index in [1.54, 1.807) is 93.0 Å². The van der Waals surface area contributed by atoms with Gasteiger partial charge in [-0.05, 0) is 98.9 Å². The van der Waals surface area contributed by atoms with Gasteiger partial charge >= 0.3 is 0 Å². The summed E-state index contributed by atoms with van der Waals surface area (Å²) in [5.41, 5.74) is 20.3. The summed E-state index contributed by atoms with van der Waals surface area (Å²) >= 11 is 0.891. The van der Waals surface area contributed by atoms with Crippen LogP contribution in [0, 0.1) is 29.1 Å². The van der Waals surface area contributed by atoms with Gasteiger partial charge in [-0.2, -0.15) is 0 Å². The summed E-state index contributed by atoms with van der Waals surface area (Å²) in [6.45, 7) is 11.1. The molecular formula is C95H135N21O18S. The fourth-order valence-corrected chi connectivity index (χ4v) is 17.9. The SMILES string of the molecule is CCCC[C@H]1C(=O)N(C)[C@@H](CCCC)C(=O)C[C@@H](CC(C)C)C(=O)N[C@H](C(=O)CCC(N)=O)CSCC(=O)N[C@@H](Cc2ccccc2)C(=O)N(C)[C@@H](C)C(=O)N[C@@H](CC(N)=O)C(=O)N2CCC[C@H]2C(=O)C[C@@H](Cc2cnc[nH]2)C(=O)N[C@@H](CC(C)C)C(=O)N[C@@H](CO)C(=O)N[C@@H](Cc2c[nH]c3ccccc23)C(=O)N[C@@H](CCCNC(=N)N)C(=O)N[C@@H](Cc2c[nH]c3ccccc23)C(=O)N1C. The molecule has 2 fully saturated rings. The van der Waals surface area contributed by atoms with Gasteiger partial charge in [0.2, 0.25) is 82.7 Å². The Kier molecular flexibility index (Phi) is 41.9. The molecule has 14 amide bonds. The zero-order chi connectivity index (χ0) is 98.9. The number of carbonyl (C=O) groups is 17. The summed E-state index contributed by atoms with van der Waals surface area (Å²) in [4.78, 5) is 269. The van der Waals surface area contributed by atoms with E-state index in [0.717, 1.165) is 16.7 Å². The summed E-state index contributed by atoms with van der Waals surface area (Å²) < 4.78 is 0. The molecule has 3 aromatic heterocycles. The summed E-state index contributed by atoms with van der Waals surface area (Å²) in [6, 6.07) is 5.12. The number of benzene rings is 3. The van der Waals surface area contributed by atoms with Crippen LogP contribution in [0.3, 0.4) is 0 Å². The number of aliphatic hydroxyl groups is 1. The lowest BCUT2D eigenvalue weighted by molar-refractivity contribution is -0.149. The first-order chi connectivity index (χ1) is 64.3. The van der Waals surface area contributed by atoms with E-state index in [1.165, 1.54) is 55.3 Å². The number of aromatic amines is 3. The number of likely N-dealkylation sites (N-methyl/N-ethyl adjacent to an activating group) is 3. The van der Waals surface area contributed by atoms with Crippen LogP contribution in [0.15, 0.2) is 104 Å². The first-order valence-corrected chi connectivity index (χ1v) is 47.5. The van der Waals surface area contributed by atoms with Crippen LogP contribution in [-0.4, -0.2) is 275 Å². The van der Waals surface area contributed by atoms with Crippen molar-refractivity contribution in [2.45, 2.75) is 256 Å². The van der Waals surface area contributed by atoms with Gasteiger partial charge in [0.1, 0.15) is 54.4 Å². The second-order valence-corrected chi connectivity index (χ2v) is 37.0. The van der Waals surface area contributed by atoms with Crippen molar-refractivity contribution in [1.82, 2.24) is 87.4 Å². The van der Waals surface area contributed by atoms with E-state index in [1.807, 2.05) is 39.8 Å². The molecule has 0 aliphatic carbocycles. The van der Waals surface area contributed by atoms with Gasteiger partial charge in [0.15, 0.2) is 23.3 Å². The molecule has 0 radical (unpaired) electrons. The fourth-order valence-electron chi connectivity index (χ4n) is 17.0. The topological polar surface area (TPSA) is 594 Å². The third kappa shape index (κ3) is 31.9. The number of fused-ring (bicyclic) bond motifs is 3. The molecule has 6 aromatic rings. The normalized spacial score (nSPS) is 23.9. The number of amides is 14. The number of H-pyrrole nitrogens is 3. The van der Waals surface area contributed by atoms with Crippen LogP contribution in [-0.2, 0) is 107 Å². The monoisotopic (exact) mass is 1890 g/mol. The molecule has 2 aliphatic heterocycles. The van der Waals surface area contributed by atoms with Gasteiger partial charge in [-0.3, -0.25) is 86.9 Å². The summed E-state index contributed by atoms with van der Waals surface area (Å²) in [5.74, 6) is -18.1. The molecule has 3 aromatic carbocycles. The van der Waals surface area contributed by atoms with Crippen LogP contribution in [0.5, 0.6) is 0 Å². The molecule has 40 heteroatoms. The standard InChI is InChI=1S/C95H135N21O18S/c1-11-13-31-75-79(119)44-58(38-54(3)4)85(125)112-74(78(118)34-35-81(96)121)51-135-52-83(123)105-70(40-57-24-16-15-17-25-57)91(131)113(8)56(7)84(124)109-72(46-82(97)122)93(133)116-37-23-33-76(116)80(120)45-59(41-62-49-100-53-104-62)86(126)107-68(39-55(5)6)88(128)111-73(50-117)90(130)108-69(42-60-47-102-65-28-20-18-26-63(60)65)89(129)106-67(30-22-36-101-95(98)99)87(127)110-71(43-61-48-103-66-29-21-19-27-64(61)66)92(132)115(10)77(32-14-12-2)94(134)114(75)9/h15-21,24-29,47-49,53-56,58-59,67-77,102-103,117H,11-14,22-23,30-46,50-52H2,1-10H3,(H2,96,121)(H2,97,122)(H,100,104)(H,105,123)(H,106,129)(H,107,126)(H,108,130)(H,109,124)(H,110,127)(H,111,128)(H,112,125)(H4,98,99,101)/t56-,58+,59+,67-,68-,69-,70-,71-,72-,73-,74-,75-,76-,77-/m0/s1. The lowest BCUT2D eigenvalue weighted by Crippen LogP contribution is -2.61. The Balaban J connectivity index is 1.21. The Morgan fingerprint density at radius 3 is 1.67 bits per heavy atom. The van der Waals surface area contributed by atoms with Gasteiger partial charge in [0, 0.05) is 143 Å². The van der Waals surface area contributed by atoms with E-state index < -0.39 is 235 Å². The number of primary amides is 2. The molecule has 734 valence electrons. The van der Waals surface area contributed by atoms with Crippen LogP contribution >= 0.6 is 11.8 Å². The first kappa shape index (κ1) is 107. The highest BCUT2D eigenvalue weighted by Gasteiger charge is 2.44. The van der Waals surface area contributed by atoms with Gasteiger partial charge in [-0.15, -0.1) is 11.8 Å². The lowest BCUT2D eigenvalue weighted by Gasteiger charge is -2.36. The zero-order valence-electron chi connectivity index (χ0n) is 78.7. The molecule has 0 spiro atoms. The molecule has 20 N–H and O–H groups in total. The number of ketones is 3. The van der Waals surface area contributed by atoms with Gasteiger partial charge in [0.05, 0.1) is 49.2 Å². The van der Waals surface area contributed by atoms with Crippen molar-refractivity contribution in [3.8, 4) is 0 Å². The number of aliphatic hydroxyl groups excluding tert-OH is 1. The second-order valence-electron chi connectivity index (χ2n) is 36.0. The minimum Gasteiger partial charge on any atom is -0.394 e. The maximum Gasteiger partial charge on any atom is 0.246 e. The molecule has 8 rings (SSSR count). The predicted octanol–water partition coefficient (Wildman–Crippen LogP) is 2.35. The number of rotatable bonds is 29. The molecule has 0 unspecified atom stereocenters. The van der Waals surface area contributed by atoms with Gasteiger partial charge in [-0.1, -0.05) is 134 Å². The third-order valence-corrected chi connectivity index (χ3v) is 25.6. The number of aromatic nitrogens is 4. The predicted molar refractivity (Wildman–Crippen MR) is 507 cm³/mol. The van der Waals surface area contributed by atoms with Crippen molar-refractivity contribution in [3.63, 3.8) is 0 Å². The van der Waals surface area contributed by atoms with Gasteiger partial charge in [0.25, 0.3) is 0 Å². The number of nitrogens with two attached hydrogens (primary N) is 3. The quantitative estimate of drug-likeness (QED) is 0.0182. The number of unbranched alkanes of at least 4 members (excludes halogenated alkanes) is 2. The molecule has 14 atom stereocenters. The highest BCUT2D eigenvalue weighted by Crippen LogP contribution is 2.29. The van der Waals surface area contributed by atoms with E-state index in [9.17, 15) is 53.1 Å². The lowest BCUT2D eigenvalue weighted by atomic mass is 9.88. The maximum atomic E-state index is 15.9. The van der Waals surface area contributed by atoms with E-state index in [2.05, 4.69) is 67.8 Å². The molecule has 0 bridgehead atoms. The Labute approximate surface area is 790 Å². The zero-order valence-corrected chi connectivity index (χ0v) is 79.5. The molecule has 135 heavy (non-hydrogen) atoms. The summed E-state index contributed by atoms with van der Waals surface area (Å²) in [6.07, 6.45) is 4.86. The number of hydrogen-bond acceptors (Lipinski definition) is 21. The maximum absolute atomic E-state index is 15.9. The minimum atomic E-state index is -1.85. The van der Waals surface area contributed by atoms with Crippen LogP contribution in [0.2, 0.25) is 0 Å². The number of hydrogen-bond donors (Lipinski definition) is 17. The number of carbonyl (C=O) groups excluding carboxylic acids is 17. The van der Waals surface area contributed by atoms with Crippen LogP contribution in [0.1, 0.15) is 180 Å². The Hall–Kier alpha value is -12.9. The van der Waals surface area contributed by atoms with Crippen LogP contribution in [0.25, 0.3) is 21.8 Å². The number of thioether (sulfide) groups is 1. The fraction of sp³-hybridized carbons (Fsp3) is 0.547. The first-order valence-electron chi connectivity index (χ1n) is 46.4. The van der Waals surface area contributed by atoms with Crippen molar-refractivity contribution >= 4 is 140 Å². The minimum absolute atomic E-state index is 0.00153. The van der Waals surface area contributed by atoms with Crippen molar-refractivity contribution in [3.05, 3.63) is 126 Å². The van der Waals surface area contributed by atoms with E-state index in [-0.39, 0.29) is 108 Å². The molecular weight excluding hydrogens is 1760 g/mol. The highest BCUT2D eigenvalue weighted by molar-refractivity contribution is 8.00. The van der Waals surface area contributed by atoms with Crippen molar-refractivity contribution in [1.29, 1.82) is 5.41 Å². The second kappa shape index (κ2) is 52.7. The van der Waals surface area contributed by atoms with Gasteiger partial charge in [-0.25, -0.2) is 4.98 Å². The van der Waals surface area contributed by atoms with Crippen molar-refractivity contribution in [2.24, 2.45) is 40.9 Å². The number of para-hydroxylation sites is 2. The highest BCUT2D eigenvalue weighted by atomic mass is 32.2. The average Bonchev–Trinajstić information content (AvgIpc) is 1.77. The Morgan fingerprint density at radius 2 is 1.07 bits per heavy atom. The van der Waals surface area contributed by atoms with Crippen LogP contribution < -0.4 is 65.1 Å². The molecule has 39 nitrogen and oxygen atoms in total. The van der Waals surface area contributed by atoms with Gasteiger partial charge < -0.3 is 105 Å². The van der Waals surface area contributed by atoms with E-state index in [4.69, 9.17) is 22.6 Å². The number of Topliss-reactive ketones (excluding diaryl/α,β-unsaturated/α-hetero) is 3. The molecule has 2 saturated heterocycles. The van der Waals surface area contributed by atoms with Crippen molar-refractivity contribution < 1.29 is 86.6 Å². The van der Waals surface area contributed by atoms with Crippen LogP contribution in [0.4, 0.5) is 0 Å². The summed E-state index contributed by atoms with van der Waals surface area (Å²) in [5, 5.41) is 44.9. The number of nitrogens with zero attached hydrogens (tertiary/aromatic N) is 5. The molecule has 2 aliphatic rings. The summed E-state index contributed by atoms with van der Waals surface area (Å²) in [7, 11) is 4.14. The molecule has 5 heterocycles. The Morgan fingerprint density at radius 1 is 0.533 bits per heavy atom. The Bertz CT molecular complexity index is 5120. The average molecular weight is 1890 g/mol.